The predicted octanol–water partition coefficient (Wildman–Crippen LogP) is 1.87. The first-order valence-electron chi connectivity index (χ1n) is 8.54. The average molecular weight is 313 g/mol. The topological polar surface area (TPSA) is 73.9 Å². The number of rotatable bonds is 4. The molecule has 4 rings (SSSR count). The maximum absolute atomic E-state index is 12.7. The van der Waals surface area contributed by atoms with Crippen LogP contribution < -0.4 is 5.32 Å². The summed E-state index contributed by atoms with van der Waals surface area (Å²) in [7, 11) is 0. The number of likely N-dealkylation sites (tertiary alicyclic amines) is 1. The molecule has 1 saturated carbocycles. The second-order valence-electron chi connectivity index (χ2n) is 6.86. The zero-order valence-electron chi connectivity index (χ0n) is 13.5. The fourth-order valence-electron chi connectivity index (χ4n) is 3.26. The van der Waals surface area contributed by atoms with Crippen molar-refractivity contribution >= 4 is 16.9 Å². The summed E-state index contributed by atoms with van der Waals surface area (Å²) in [6.07, 6.45) is 6.49. The highest BCUT2D eigenvalue weighted by Gasteiger charge is 2.26. The predicted molar refractivity (Wildman–Crippen MR) is 88.3 cm³/mol. The van der Waals surface area contributed by atoms with Crippen molar-refractivity contribution in [2.24, 2.45) is 5.92 Å². The molecular weight excluding hydrogens is 290 g/mol. The van der Waals surface area contributed by atoms with Gasteiger partial charge in [-0.2, -0.15) is 5.10 Å². The number of carbonyl (C=O) groups excluding carboxylic acids is 1. The van der Waals surface area contributed by atoms with Crippen LogP contribution in [0.1, 0.15) is 41.7 Å². The van der Waals surface area contributed by atoms with Gasteiger partial charge in [-0.15, -0.1) is 0 Å². The summed E-state index contributed by atoms with van der Waals surface area (Å²) in [5.74, 6) is 0.992. The molecule has 2 N–H and O–H groups in total. The summed E-state index contributed by atoms with van der Waals surface area (Å²) >= 11 is 0. The fraction of sp³-hybridized carbons (Fsp3) is 0.588. The van der Waals surface area contributed by atoms with Gasteiger partial charge in [0.2, 0.25) is 0 Å². The maximum atomic E-state index is 12.7. The molecule has 0 aromatic carbocycles. The van der Waals surface area contributed by atoms with Crippen LogP contribution >= 0.6 is 0 Å². The lowest BCUT2D eigenvalue weighted by Crippen LogP contribution is -2.45. The van der Waals surface area contributed by atoms with Gasteiger partial charge in [0.15, 0.2) is 5.65 Å². The van der Waals surface area contributed by atoms with Crippen LogP contribution in [-0.4, -0.2) is 51.7 Å². The van der Waals surface area contributed by atoms with Gasteiger partial charge in [0, 0.05) is 36.4 Å². The van der Waals surface area contributed by atoms with Gasteiger partial charge < -0.3 is 10.2 Å². The molecule has 1 aliphatic heterocycles. The van der Waals surface area contributed by atoms with E-state index in [9.17, 15) is 4.79 Å². The van der Waals surface area contributed by atoms with Crippen LogP contribution in [0.25, 0.3) is 11.0 Å². The van der Waals surface area contributed by atoms with Crippen LogP contribution in [0.15, 0.2) is 12.3 Å². The molecule has 2 fully saturated rings. The lowest BCUT2D eigenvalue weighted by Gasteiger charge is -2.32. The Morgan fingerprint density at radius 1 is 1.35 bits per heavy atom. The molecule has 1 amide bonds. The number of pyridine rings is 1. The molecule has 0 bridgehead atoms. The Hall–Kier alpha value is -1.95. The van der Waals surface area contributed by atoms with Gasteiger partial charge in [-0.25, -0.2) is 4.98 Å². The second-order valence-corrected chi connectivity index (χ2v) is 6.86. The number of nitrogens with zero attached hydrogens (tertiary/aromatic N) is 3. The zero-order valence-corrected chi connectivity index (χ0v) is 13.5. The number of amides is 1. The molecule has 0 radical (unpaired) electrons. The van der Waals surface area contributed by atoms with Crippen LogP contribution in [0.4, 0.5) is 0 Å². The van der Waals surface area contributed by atoms with Gasteiger partial charge in [-0.05, 0) is 51.1 Å². The van der Waals surface area contributed by atoms with Crippen molar-refractivity contribution in [1.29, 1.82) is 0 Å². The smallest absolute Gasteiger partial charge is 0.255 e. The first-order chi connectivity index (χ1) is 11.2. The number of hydrogen-bond donors (Lipinski definition) is 2. The standard InChI is InChI=1S/C17H23N5O/c1-11-15-8-13(10-19-16(15)21-20-11)17(23)22-6-4-14(5-7-22)18-9-12-2-3-12/h8,10,12,14,18H,2-7,9H2,1H3,(H,19,20,21). The molecule has 0 atom stereocenters. The first-order valence-corrected chi connectivity index (χ1v) is 8.54. The van der Waals surface area contributed by atoms with Crippen LogP contribution in [0, 0.1) is 12.8 Å². The monoisotopic (exact) mass is 313 g/mol. The van der Waals surface area contributed by atoms with Crippen molar-refractivity contribution in [3.8, 4) is 0 Å². The van der Waals surface area contributed by atoms with Gasteiger partial charge in [-0.3, -0.25) is 9.89 Å². The lowest BCUT2D eigenvalue weighted by molar-refractivity contribution is 0.0705. The molecule has 122 valence electrons. The highest BCUT2D eigenvalue weighted by atomic mass is 16.2. The third-order valence-corrected chi connectivity index (χ3v) is 5.02. The minimum Gasteiger partial charge on any atom is -0.338 e. The highest BCUT2D eigenvalue weighted by Crippen LogP contribution is 2.28. The van der Waals surface area contributed by atoms with E-state index in [2.05, 4.69) is 20.5 Å². The minimum absolute atomic E-state index is 0.0839. The fourth-order valence-corrected chi connectivity index (χ4v) is 3.26. The Morgan fingerprint density at radius 2 is 2.13 bits per heavy atom. The van der Waals surface area contributed by atoms with Crippen molar-refractivity contribution < 1.29 is 4.79 Å². The Labute approximate surface area is 135 Å². The van der Waals surface area contributed by atoms with E-state index in [1.54, 1.807) is 6.20 Å². The normalized spacial score (nSPS) is 19.4. The number of nitrogens with one attached hydrogen (secondary N) is 2. The number of aromatic nitrogens is 3. The largest absolute Gasteiger partial charge is 0.338 e. The Balaban J connectivity index is 1.39. The quantitative estimate of drug-likeness (QED) is 0.904. The summed E-state index contributed by atoms with van der Waals surface area (Å²) in [6.45, 7) is 4.74. The van der Waals surface area contributed by atoms with Gasteiger partial charge in [0.05, 0.1) is 5.56 Å². The van der Waals surface area contributed by atoms with Gasteiger partial charge in [-0.1, -0.05) is 0 Å². The molecule has 2 aromatic rings. The number of hydrogen-bond acceptors (Lipinski definition) is 4. The van der Waals surface area contributed by atoms with E-state index in [0.29, 0.717) is 17.3 Å². The molecule has 2 aromatic heterocycles. The van der Waals surface area contributed by atoms with E-state index in [1.165, 1.54) is 12.8 Å². The Morgan fingerprint density at radius 3 is 2.87 bits per heavy atom. The number of H-pyrrole nitrogens is 1. The molecule has 6 heteroatoms. The molecule has 1 saturated heterocycles. The third kappa shape index (κ3) is 3.08. The number of piperidine rings is 1. The maximum Gasteiger partial charge on any atom is 0.255 e. The molecular formula is C17H23N5O. The van der Waals surface area contributed by atoms with Crippen LogP contribution in [0.3, 0.4) is 0 Å². The molecule has 3 heterocycles. The summed E-state index contributed by atoms with van der Waals surface area (Å²) < 4.78 is 0. The number of aryl methyl sites for hydroxylation is 1. The molecule has 0 unspecified atom stereocenters. The average Bonchev–Trinajstić information content (AvgIpc) is 3.35. The van der Waals surface area contributed by atoms with Crippen LogP contribution in [0.5, 0.6) is 0 Å². The molecule has 23 heavy (non-hydrogen) atoms. The second kappa shape index (κ2) is 5.92. The number of fused-ring (bicyclic) bond motifs is 1. The summed E-state index contributed by atoms with van der Waals surface area (Å²) in [5, 5.41) is 11.6. The van der Waals surface area contributed by atoms with Crippen LogP contribution in [0.2, 0.25) is 0 Å². The van der Waals surface area contributed by atoms with Crippen molar-refractivity contribution in [3.05, 3.63) is 23.5 Å². The number of carbonyl (C=O) groups is 1. The van der Waals surface area contributed by atoms with E-state index in [0.717, 1.165) is 49.5 Å². The summed E-state index contributed by atoms with van der Waals surface area (Å²) in [6, 6.07) is 2.47. The summed E-state index contributed by atoms with van der Waals surface area (Å²) in [5.41, 5.74) is 2.28. The van der Waals surface area contributed by atoms with E-state index in [-0.39, 0.29) is 5.91 Å². The van der Waals surface area contributed by atoms with E-state index < -0.39 is 0 Å². The Kier molecular flexibility index (Phi) is 3.77. The van der Waals surface area contributed by atoms with Gasteiger partial charge in [0.1, 0.15) is 0 Å². The van der Waals surface area contributed by atoms with Crippen molar-refractivity contribution in [2.45, 2.75) is 38.6 Å². The third-order valence-electron chi connectivity index (χ3n) is 5.02. The molecule has 1 aliphatic carbocycles. The van der Waals surface area contributed by atoms with E-state index >= 15 is 0 Å². The Bertz CT molecular complexity index is 713. The molecule has 0 spiro atoms. The molecule has 6 nitrogen and oxygen atoms in total. The minimum atomic E-state index is 0.0839. The SMILES string of the molecule is Cc1[nH]nc2ncc(C(=O)N3CCC(NCC4CC4)CC3)cc12. The van der Waals surface area contributed by atoms with Crippen molar-refractivity contribution in [3.63, 3.8) is 0 Å². The number of aromatic amines is 1. The van der Waals surface area contributed by atoms with Gasteiger partial charge in [0.25, 0.3) is 5.91 Å². The zero-order chi connectivity index (χ0) is 15.8. The summed E-state index contributed by atoms with van der Waals surface area (Å²) in [4.78, 5) is 18.9. The van der Waals surface area contributed by atoms with Gasteiger partial charge >= 0.3 is 0 Å². The van der Waals surface area contributed by atoms with Crippen molar-refractivity contribution in [1.82, 2.24) is 25.4 Å². The van der Waals surface area contributed by atoms with Crippen LogP contribution in [-0.2, 0) is 0 Å². The first kappa shape index (κ1) is 14.6. The van der Waals surface area contributed by atoms with E-state index in [1.807, 2.05) is 17.9 Å². The highest BCUT2D eigenvalue weighted by molar-refractivity contribution is 5.97. The lowest BCUT2D eigenvalue weighted by atomic mass is 10.0. The van der Waals surface area contributed by atoms with E-state index in [4.69, 9.17) is 0 Å². The molecule has 2 aliphatic rings. The van der Waals surface area contributed by atoms with Crippen molar-refractivity contribution in [2.75, 3.05) is 19.6 Å².